The van der Waals surface area contributed by atoms with Gasteiger partial charge in [0.05, 0.1) is 6.54 Å². The maximum atomic E-state index is 12.6. The summed E-state index contributed by atoms with van der Waals surface area (Å²) >= 11 is 0. The van der Waals surface area contributed by atoms with E-state index < -0.39 is 24.5 Å². The Bertz CT molecular complexity index is 490. The van der Waals surface area contributed by atoms with Gasteiger partial charge in [0.2, 0.25) is 5.91 Å². The van der Waals surface area contributed by atoms with Crippen molar-refractivity contribution in [3.8, 4) is 0 Å². The summed E-state index contributed by atoms with van der Waals surface area (Å²) in [6.45, 7) is -0.650. The average Bonchev–Trinajstić information content (AvgIpc) is 2.42. The maximum Gasteiger partial charge on any atom is 0.322 e. The fraction of sp³-hybridized carbons (Fsp3) is 0.250. The number of carboxylic acids is 1. The molecule has 4 N–H and O–H groups in total. The molecule has 0 saturated heterocycles. The number of carbonyl (C=O) groups excluding carboxylic acids is 2. The zero-order valence-electron chi connectivity index (χ0n) is 10.5. The number of carbonyl (C=O) groups is 3. The Morgan fingerprint density at radius 3 is 2.25 bits per heavy atom. The Balaban J connectivity index is 2.21. The van der Waals surface area contributed by atoms with E-state index >= 15 is 0 Å². The van der Waals surface area contributed by atoms with E-state index in [1.165, 1.54) is 24.3 Å². The van der Waals surface area contributed by atoms with E-state index in [1.807, 2.05) is 0 Å². The largest absolute Gasteiger partial charge is 0.480 e. The minimum Gasteiger partial charge on any atom is -0.480 e. The van der Waals surface area contributed by atoms with Crippen LogP contribution in [-0.2, 0) is 16.1 Å². The summed E-state index contributed by atoms with van der Waals surface area (Å²) in [4.78, 5) is 32.6. The molecule has 20 heavy (non-hydrogen) atoms. The lowest BCUT2D eigenvalue weighted by molar-refractivity contribution is -0.137. The highest BCUT2D eigenvalue weighted by Gasteiger charge is 2.06. The van der Waals surface area contributed by atoms with Gasteiger partial charge in [0.25, 0.3) is 0 Å². The first kappa shape index (κ1) is 15.4. The van der Waals surface area contributed by atoms with Crippen LogP contribution in [0.4, 0.5) is 9.18 Å². The third kappa shape index (κ3) is 6.34. The number of hydrogen-bond acceptors (Lipinski definition) is 3. The number of hydrogen-bond donors (Lipinski definition) is 4. The van der Waals surface area contributed by atoms with Crippen molar-refractivity contribution in [1.82, 2.24) is 16.0 Å². The SMILES string of the molecule is O=C(O)CNC(=O)CNC(=O)NCc1ccc(F)cc1. The molecule has 0 bridgehead atoms. The zero-order valence-corrected chi connectivity index (χ0v) is 10.5. The first-order valence-electron chi connectivity index (χ1n) is 5.72. The summed E-state index contributed by atoms with van der Waals surface area (Å²) in [6, 6.07) is 5.01. The number of carboxylic acid groups (broad SMARTS) is 1. The Morgan fingerprint density at radius 2 is 1.65 bits per heavy atom. The molecule has 0 aromatic heterocycles. The van der Waals surface area contributed by atoms with E-state index in [9.17, 15) is 18.8 Å². The van der Waals surface area contributed by atoms with Crippen LogP contribution in [0, 0.1) is 5.82 Å². The highest BCUT2D eigenvalue weighted by atomic mass is 19.1. The first-order valence-corrected chi connectivity index (χ1v) is 5.72. The number of urea groups is 1. The summed E-state index contributed by atoms with van der Waals surface area (Å²) in [5, 5.41) is 15.2. The van der Waals surface area contributed by atoms with Crippen molar-refractivity contribution < 1.29 is 23.9 Å². The van der Waals surface area contributed by atoms with Crippen LogP contribution < -0.4 is 16.0 Å². The van der Waals surface area contributed by atoms with Crippen LogP contribution in [0.5, 0.6) is 0 Å². The van der Waals surface area contributed by atoms with Crippen molar-refractivity contribution in [2.24, 2.45) is 0 Å². The molecule has 0 unspecified atom stereocenters. The number of benzene rings is 1. The van der Waals surface area contributed by atoms with E-state index in [0.717, 1.165) is 0 Å². The highest BCUT2D eigenvalue weighted by Crippen LogP contribution is 2.01. The summed E-state index contributed by atoms with van der Waals surface area (Å²) in [5.41, 5.74) is 0.705. The number of nitrogens with one attached hydrogen (secondary N) is 3. The van der Waals surface area contributed by atoms with Crippen molar-refractivity contribution in [3.05, 3.63) is 35.6 Å². The number of amides is 3. The molecule has 1 aromatic carbocycles. The number of aliphatic carboxylic acids is 1. The lowest BCUT2D eigenvalue weighted by Crippen LogP contribution is -2.42. The van der Waals surface area contributed by atoms with Crippen LogP contribution in [0.2, 0.25) is 0 Å². The van der Waals surface area contributed by atoms with Crippen LogP contribution in [0.1, 0.15) is 5.56 Å². The number of rotatable bonds is 6. The van der Waals surface area contributed by atoms with Crippen LogP contribution in [0.3, 0.4) is 0 Å². The van der Waals surface area contributed by atoms with Crippen molar-refractivity contribution >= 4 is 17.9 Å². The minimum absolute atomic E-state index is 0.183. The van der Waals surface area contributed by atoms with E-state index in [4.69, 9.17) is 5.11 Å². The van der Waals surface area contributed by atoms with E-state index in [-0.39, 0.29) is 18.9 Å². The van der Waals surface area contributed by atoms with Crippen LogP contribution in [0.25, 0.3) is 0 Å². The normalized spacial score (nSPS) is 9.65. The fourth-order valence-corrected chi connectivity index (χ4v) is 1.24. The summed E-state index contributed by atoms with van der Waals surface area (Å²) in [6.07, 6.45) is 0. The minimum atomic E-state index is -1.17. The van der Waals surface area contributed by atoms with Crippen molar-refractivity contribution in [1.29, 1.82) is 0 Å². The number of halogens is 1. The van der Waals surface area contributed by atoms with Crippen LogP contribution in [0.15, 0.2) is 24.3 Å². The van der Waals surface area contributed by atoms with Gasteiger partial charge in [-0.15, -0.1) is 0 Å². The Hall–Kier alpha value is -2.64. The smallest absolute Gasteiger partial charge is 0.322 e. The second-order valence-corrected chi connectivity index (χ2v) is 3.83. The molecule has 108 valence electrons. The van der Waals surface area contributed by atoms with Crippen molar-refractivity contribution in [2.45, 2.75) is 6.54 Å². The molecule has 0 heterocycles. The predicted octanol–water partition coefficient (Wildman–Crippen LogP) is -0.174. The van der Waals surface area contributed by atoms with Gasteiger partial charge in [0.1, 0.15) is 12.4 Å². The van der Waals surface area contributed by atoms with Crippen molar-refractivity contribution in [3.63, 3.8) is 0 Å². The average molecular weight is 283 g/mol. The molecule has 0 fully saturated rings. The third-order valence-corrected chi connectivity index (χ3v) is 2.21. The van der Waals surface area contributed by atoms with Gasteiger partial charge >= 0.3 is 12.0 Å². The van der Waals surface area contributed by atoms with Crippen LogP contribution >= 0.6 is 0 Å². The summed E-state index contributed by atoms with van der Waals surface area (Å²) < 4.78 is 12.6. The zero-order chi connectivity index (χ0) is 15.0. The van der Waals surface area contributed by atoms with Crippen LogP contribution in [-0.4, -0.2) is 36.1 Å². The van der Waals surface area contributed by atoms with Gasteiger partial charge < -0.3 is 21.1 Å². The second-order valence-electron chi connectivity index (χ2n) is 3.83. The summed E-state index contributed by atoms with van der Waals surface area (Å²) in [7, 11) is 0. The Labute approximate surface area is 114 Å². The third-order valence-electron chi connectivity index (χ3n) is 2.21. The Kier molecular flexibility index (Phi) is 5.95. The quantitative estimate of drug-likeness (QED) is 0.581. The highest BCUT2D eigenvalue weighted by molar-refractivity contribution is 5.86. The molecular formula is C12H14FN3O4. The molecule has 0 spiro atoms. The van der Waals surface area contributed by atoms with Crippen molar-refractivity contribution in [2.75, 3.05) is 13.1 Å². The molecule has 1 rings (SSSR count). The lowest BCUT2D eigenvalue weighted by Gasteiger charge is -2.07. The van der Waals surface area contributed by atoms with Gasteiger partial charge in [-0.05, 0) is 17.7 Å². The van der Waals surface area contributed by atoms with E-state index in [1.54, 1.807) is 0 Å². The fourth-order valence-electron chi connectivity index (χ4n) is 1.24. The first-order chi connectivity index (χ1) is 9.47. The molecule has 0 atom stereocenters. The van der Waals surface area contributed by atoms with Gasteiger partial charge in [-0.2, -0.15) is 0 Å². The molecule has 0 radical (unpaired) electrons. The van der Waals surface area contributed by atoms with Gasteiger partial charge in [-0.25, -0.2) is 9.18 Å². The second kappa shape index (κ2) is 7.72. The molecule has 0 aliphatic rings. The maximum absolute atomic E-state index is 12.6. The Morgan fingerprint density at radius 1 is 1.00 bits per heavy atom. The lowest BCUT2D eigenvalue weighted by atomic mass is 10.2. The summed E-state index contributed by atoms with van der Waals surface area (Å²) in [5.74, 6) is -2.14. The molecule has 0 aliphatic heterocycles. The van der Waals surface area contributed by atoms with Gasteiger partial charge in [0, 0.05) is 6.54 Å². The molecular weight excluding hydrogens is 269 g/mol. The molecule has 7 nitrogen and oxygen atoms in total. The monoisotopic (exact) mass is 283 g/mol. The van der Waals surface area contributed by atoms with E-state index in [2.05, 4.69) is 16.0 Å². The molecule has 0 saturated carbocycles. The molecule has 0 aliphatic carbocycles. The van der Waals surface area contributed by atoms with Gasteiger partial charge in [-0.3, -0.25) is 9.59 Å². The van der Waals surface area contributed by atoms with E-state index in [0.29, 0.717) is 5.56 Å². The molecule has 1 aromatic rings. The molecule has 8 heteroatoms. The topological polar surface area (TPSA) is 108 Å². The molecule has 3 amide bonds. The predicted molar refractivity (Wildman–Crippen MR) is 67.3 cm³/mol. The standard InChI is InChI=1S/C12H14FN3O4/c13-9-3-1-8(2-4-9)5-15-12(20)16-6-10(17)14-7-11(18)19/h1-4H,5-7H2,(H,14,17)(H,18,19)(H2,15,16,20). The van der Waals surface area contributed by atoms with Gasteiger partial charge in [-0.1, -0.05) is 12.1 Å². The van der Waals surface area contributed by atoms with Gasteiger partial charge in [0.15, 0.2) is 0 Å².